The molecule has 1 N–H and O–H groups in total. The lowest BCUT2D eigenvalue weighted by molar-refractivity contribution is 0.466. The lowest BCUT2D eigenvalue weighted by atomic mass is 10.2. The highest BCUT2D eigenvalue weighted by Crippen LogP contribution is 2.31. The molecule has 0 spiro atoms. The number of rotatable bonds is 4. The van der Waals surface area contributed by atoms with Gasteiger partial charge in [0.05, 0.1) is 4.47 Å². The van der Waals surface area contributed by atoms with Crippen LogP contribution in [0.1, 0.15) is 24.6 Å². The predicted octanol–water partition coefficient (Wildman–Crippen LogP) is 3.72. The van der Waals surface area contributed by atoms with Gasteiger partial charge in [0.25, 0.3) is 0 Å². The van der Waals surface area contributed by atoms with Crippen LogP contribution in [0.3, 0.4) is 0 Å². The first-order valence-corrected chi connectivity index (χ1v) is 7.40. The topological polar surface area (TPSA) is 43.0 Å². The van der Waals surface area contributed by atoms with Gasteiger partial charge in [0.15, 0.2) is 0 Å². The summed E-state index contributed by atoms with van der Waals surface area (Å²) in [6.45, 7) is 2.99. The van der Waals surface area contributed by atoms with Crippen LogP contribution in [0.2, 0.25) is 0 Å². The van der Waals surface area contributed by atoms with E-state index in [-0.39, 0.29) is 6.04 Å². The van der Waals surface area contributed by atoms with E-state index in [2.05, 4.69) is 43.8 Å². The van der Waals surface area contributed by atoms with Gasteiger partial charge in [-0.05, 0) is 42.0 Å². The molecule has 0 amide bonds. The number of para-hydroxylation sites is 1. The van der Waals surface area contributed by atoms with E-state index in [1.165, 1.54) is 0 Å². The van der Waals surface area contributed by atoms with E-state index in [0.717, 1.165) is 33.6 Å². The van der Waals surface area contributed by atoms with Gasteiger partial charge in [-0.25, -0.2) is 4.98 Å². The summed E-state index contributed by atoms with van der Waals surface area (Å²) in [6.07, 6.45) is 3.81. The molecule has 2 heterocycles. The lowest BCUT2D eigenvalue weighted by Gasteiger charge is -2.14. The fraction of sp³-hybridized carbons (Fsp3) is 0.267. The lowest BCUT2D eigenvalue weighted by Crippen LogP contribution is -2.21. The summed E-state index contributed by atoms with van der Waals surface area (Å²) in [5, 5.41) is 4.37. The van der Waals surface area contributed by atoms with Crippen molar-refractivity contribution in [1.29, 1.82) is 0 Å². The second-order valence-corrected chi connectivity index (χ2v) is 5.45. The number of furan rings is 1. The number of halogens is 1. The number of aromatic nitrogens is 2. The Bertz CT molecular complexity index is 732. The summed E-state index contributed by atoms with van der Waals surface area (Å²) >= 11 is 3.52. The third-order valence-electron chi connectivity index (χ3n) is 3.43. The first-order chi connectivity index (χ1) is 9.74. The van der Waals surface area contributed by atoms with Gasteiger partial charge in [-0.1, -0.05) is 12.1 Å². The standard InChI is InChI=1S/C15H16BrN3O/c1-3-19-8-7-18-15(19)13(17-2)12-9-10-5-4-6-11(16)14(10)20-12/h4-9,13,17H,3H2,1-2H3. The molecule has 3 rings (SSSR count). The van der Waals surface area contributed by atoms with Gasteiger partial charge in [-0.3, -0.25) is 0 Å². The van der Waals surface area contributed by atoms with Gasteiger partial charge in [0, 0.05) is 24.3 Å². The van der Waals surface area contributed by atoms with Crippen LogP contribution in [-0.4, -0.2) is 16.6 Å². The maximum absolute atomic E-state index is 6.01. The summed E-state index contributed by atoms with van der Waals surface area (Å²) in [6, 6.07) is 8.05. The predicted molar refractivity (Wildman–Crippen MR) is 82.7 cm³/mol. The van der Waals surface area contributed by atoms with Gasteiger partial charge >= 0.3 is 0 Å². The largest absolute Gasteiger partial charge is 0.458 e. The van der Waals surface area contributed by atoms with Gasteiger partial charge in [0.2, 0.25) is 0 Å². The molecule has 1 aromatic carbocycles. The molecule has 0 saturated heterocycles. The molecule has 5 heteroatoms. The van der Waals surface area contributed by atoms with E-state index in [4.69, 9.17) is 4.42 Å². The molecule has 20 heavy (non-hydrogen) atoms. The number of nitrogens with zero attached hydrogens (tertiary/aromatic N) is 2. The molecule has 0 bridgehead atoms. The van der Waals surface area contributed by atoms with Crippen molar-refractivity contribution in [1.82, 2.24) is 14.9 Å². The number of hydrogen-bond donors (Lipinski definition) is 1. The monoisotopic (exact) mass is 333 g/mol. The van der Waals surface area contributed by atoms with Crippen molar-refractivity contribution in [3.8, 4) is 0 Å². The fourth-order valence-corrected chi connectivity index (χ4v) is 2.90. The van der Waals surface area contributed by atoms with Gasteiger partial charge < -0.3 is 14.3 Å². The van der Waals surface area contributed by atoms with Crippen molar-refractivity contribution in [3.63, 3.8) is 0 Å². The number of hydrogen-bond acceptors (Lipinski definition) is 3. The average Bonchev–Trinajstić information content (AvgIpc) is 3.07. The van der Waals surface area contributed by atoms with Crippen LogP contribution in [0.25, 0.3) is 11.0 Å². The zero-order valence-electron chi connectivity index (χ0n) is 11.4. The third-order valence-corrected chi connectivity index (χ3v) is 4.06. The smallest absolute Gasteiger partial charge is 0.148 e. The molecule has 0 fully saturated rings. The van der Waals surface area contributed by atoms with Crippen molar-refractivity contribution in [3.05, 3.63) is 52.7 Å². The number of benzene rings is 1. The van der Waals surface area contributed by atoms with Crippen molar-refractivity contribution in [2.24, 2.45) is 0 Å². The van der Waals surface area contributed by atoms with Crippen LogP contribution < -0.4 is 5.32 Å². The maximum Gasteiger partial charge on any atom is 0.148 e. The fourth-order valence-electron chi connectivity index (χ4n) is 2.44. The van der Waals surface area contributed by atoms with Crippen molar-refractivity contribution >= 4 is 26.9 Å². The minimum absolute atomic E-state index is 0.0516. The van der Waals surface area contributed by atoms with E-state index in [1.54, 1.807) is 0 Å². The second kappa shape index (κ2) is 5.42. The third kappa shape index (κ3) is 2.17. The number of nitrogens with one attached hydrogen (secondary N) is 1. The minimum atomic E-state index is -0.0516. The van der Waals surface area contributed by atoms with E-state index in [0.29, 0.717) is 0 Å². The van der Waals surface area contributed by atoms with Crippen LogP contribution in [-0.2, 0) is 6.54 Å². The summed E-state index contributed by atoms with van der Waals surface area (Å²) in [5.41, 5.74) is 0.873. The minimum Gasteiger partial charge on any atom is -0.458 e. The molecule has 0 aliphatic heterocycles. The maximum atomic E-state index is 6.01. The summed E-state index contributed by atoms with van der Waals surface area (Å²) < 4.78 is 9.09. The van der Waals surface area contributed by atoms with Crippen molar-refractivity contribution < 1.29 is 4.42 Å². The first-order valence-electron chi connectivity index (χ1n) is 6.60. The zero-order chi connectivity index (χ0) is 14.1. The quantitative estimate of drug-likeness (QED) is 0.791. The van der Waals surface area contributed by atoms with Gasteiger partial charge in [0.1, 0.15) is 23.2 Å². The van der Waals surface area contributed by atoms with Crippen LogP contribution in [0.5, 0.6) is 0 Å². The Morgan fingerprint density at radius 1 is 1.45 bits per heavy atom. The SMILES string of the molecule is CCn1ccnc1C(NC)c1cc2cccc(Br)c2o1. The van der Waals surface area contributed by atoms with E-state index < -0.39 is 0 Å². The molecule has 104 valence electrons. The molecule has 0 aliphatic rings. The number of imidazole rings is 1. The molecule has 0 aliphatic carbocycles. The van der Waals surface area contributed by atoms with E-state index in [9.17, 15) is 0 Å². The molecular formula is C15H16BrN3O. The number of aryl methyl sites for hydroxylation is 1. The summed E-state index contributed by atoms with van der Waals surface area (Å²) in [5.74, 6) is 1.83. The van der Waals surface area contributed by atoms with Crippen LogP contribution in [0.4, 0.5) is 0 Å². The highest BCUT2D eigenvalue weighted by molar-refractivity contribution is 9.10. The molecule has 2 aromatic heterocycles. The molecule has 1 atom stereocenters. The summed E-state index contributed by atoms with van der Waals surface area (Å²) in [7, 11) is 1.92. The average molecular weight is 334 g/mol. The number of fused-ring (bicyclic) bond motifs is 1. The van der Waals surface area contributed by atoms with Crippen LogP contribution in [0, 0.1) is 0 Å². The molecule has 0 saturated carbocycles. The molecular weight excluding hydrogens is 318 g/mol. The normalized spacial score (nSPS) is 12.9. The Labute approximate surface area is 125 Å². The van der Waals surface area contributed by atoms with E-state index in [1.807, 2.05) is 37.6 Å². The molecule has 0 radical (unpaired) electrons. The molecule has 3 aromatic rings. The Morgan fingerprint density at radius 3 is 3.00 bits per heavy atom. The Kier molecular flexibility index (Phi) is 3.63. The summed E-state index contributed by atoms with van der Waals surface area (Å²) in [4.78, 5) is 4.46. The highest BCUT2D eigenvalue weighted by atomic mass is 79.9. The van der Waals surface area contributed by atoms with Crippen molar-refractivity contribution in [2.75, 3.05) is 7.05 Å². The Balaban J connectivity index is 2.10. The highest BCUT2D eigenvalue weighted by Gasteiger charge is 2.21. The second-order valence-electron chi connectivity index (χ2n) is 4.60. The Hall–Kier alpha value is -1.59. The molecule has 1 unspecified atom stereocenters. The van der Waals surface area contributed by atoms with Gasteiger partial charge in [-0.15, -0.1) is 0 Å². The van der Waals surface area contributed by atoms with Crippen molar-refractivity contribution in [2.45, 2.75) is 19.5 Å². The van der Waals surface area contributed by atoms with Crippen LogP contribution >= 0.6 is 15.9 Å². The molecule has 4 nitrogen and oxygen atoms in total. The zero-order valence-corrected chi connectivity index (χ0v) is 13.0. The van der Waals surface area contributed by atoms with E-state index >= 15 is 0 Å². The van der Waals surface area contributed by atoms with Gasteiger partial charge in [-0.2, -0.15) is 0 Å². The first kappa shape index (κ1) is 13.4. The Morgan fingerprint density at radius 2 is 2.30 bits per heavy atom. The van der Waals surface area contributed by atoms with Crippen LogP contribution in [0.15, 0.2) is 45.5 Å².